The molecule has 0 bridgehead atoms. The van der Waals surface area contributed by atoms with Crippen molar-refractivity contribution in [2.24, 2.45) is 5.73 Å². The average molecular weight is 532 g/mol. The summed E-state index contributed by atoms with van der Waals surface area (Å²) in [6, 6.07) is 24.1. The van der Waals surface area contributed by atoms with E-state index < -0.39 is 17.5 Å². The molecule has 9 heteroatoms. The van der Waals surface area contributed by atoms with Gasteiger partial charge in [0.05, 0.1) is 18.8 Å². The van der Waals surface area contributed by atoms with E-state index in [1.807, 2.05) is 78.9 Å². The van der Waals surface area contributed by atoms with E-state index in [4.69, 9.17) is 10.5 Å². The SMILES string of the molecule is CNC(=O)NCc1ccccc1-c1ccc(CNC(=O)[C@@H](COCc2ccccc2)NC(=O)C(C)(C)N)cc1. The molecule has 0 radical (unpaired) electrons. The van der Waals surface area contributed by atoms with Gasteiger partial charge in [-0.1, -0.05) is 78.9 Å². The standard InChI is InChI=1S/C30H37N5O4/c1-30(2,31)28(37)35-26(20-39-19-22-9-5-4-6-10-22)27(36)33-17-21-13-15-23(16-14-21)25-12-8-7-11-24(25)18-34-29(38)32-3/h4-16,26H,17-20,31H2,1-3H3,(H,33,36)(H,35,37)(H2,32,34,38)/t26-/m1/s1. The van der Waals surface area contributed by atoms with E-state index >= 15 is 0 Å². The van der Waals surface area contributed by atoms with Gasteiger partial charge < -0.3 is 31.7 Å². The number of urea groups is 1. The number of hydrogen-bond acceptors (Lipinski definition) is 5. The molecule has 0 saturated carbocycles. The molecular weight excluding hydrogens is 494 g/mol. The number of hydrogen-bond donors (Lipinski definition) is 5. The Labute approximate surface area is 229 Å². The Balaban J connectivity index is 1.62. The fraction of sp³-hybridized carbons (Fsp3) is 0.300. The Morgan fingerprint density at radius 2 is 1.51 bits per heavy atom. The number of nitrogens with two attached hydrogens (primary N) is 1. The molecule has 0 spiro atoms. The topological polar surface area (TPSA) is 135 Å². The average Bonchev–Trinajstić information content (AvgIpc) is 2.94. The van der Waals surface area contributed by atoms with Gasteiger partial charge in [0.2, 0.25) is 11.8 Å². The second-order valence-corrected chi connectivity index (χ2v) is 9.75. The van der Waals surface area contributed by atoms with Crippen molar-refractivity contribution < 1.29 is 19.1 Å². The van der Waals surface area contributed by atoms with E-state index in [1.54, 1.807) is 20.9 Å². The normalized spacial score (nSPS) is 11.8. The number of carbonyl (C=O) groups is 3. The molecule has 0 unspecified atom stereocenters. The van der Waals surface area contributed by atoms with Gasteiger partial charge in [0.15, 0.2) is 0 Å². The van der Waals surface area contributed by atoms with Gasteiger partial charge >= 0.3 is 6.03 Å². The zero-order chi connectivity index (χ0) is 28.3. The van der Waals surface area contributed by atoms with E-state index in [2.05, 4.69) is 21.3 Å². The molecule has 4 amide bonds. The molecule has 206 valence electrons. The van der Waals surface area contributed by atoms with E-state index in [0.717, 1.165) is 27.8 Å². The molecule has 6 N–H and O–H groups in total. The van der Waals surface area contributed by atoms with Crippen molar-refractivity contribution in [1.29, 1.82) is 0 Å². The monoisotopic (exact) mass is 531 g/mol. The van der Waals surface area contributed by atoms with Crippen molar-refractivity contribution in [3.05, 3.63) is 95.6 Å². The van der Waals surface area contributed by atoms with E-state index in [-0.39, 0.29) is 25.1 Å². The van der Waals surface area contributed by atoms with E-state index in [1.165, 1.54) is 0 Å². The second-order valence-electron chi connectivity index (χ2n) is 9.75. The Hall–Kier alpha value is -4.21. The predicted molar refractivity (Wildman–Crippen MR) is 151 cm³/mol. The van der Waals surface area contributed by atoms with Crippen molar-refractivity contribution >= 4 is 17.8 Å². The lowest BCUT2D eigenvalue weighted by atomic mass is 9.98. The maximum absolute atomic E-state index is 13.0. The molecule has 3 aromatic rings. The van der Waals surface area contributed by atoms with Crippen LogP contribution >= 0.6 is 0 Å². The lowest BCUT2D eigenvalue weighted by Gasteiger charge is -2.24. The molecule has 0 aliphatic heterocycles. The van der Waals surface area contributed by atoms with Gasteiger partial charge in [-0.2, -0.15) is 0 Å². The molecule has 0 heterocycles. The molecule has 39 heavy (non-hydrogen) atoms. The molecule has 1 atom stereocenters. The largest absolute Gasteiger partial charge is 0.374 e. The highest BCUT2D eigenvalue weighted by Gasteiger charge is 2.28. The molecular formula is C30H37N5O4. The van der Waals surface area contributed by atoms with E-state index in [0.29, 0.717) is 13.2 Å². The summed E-state index contributed by atoms with van der Waals surface area (Å²) in [5.74, 6) is -0.810. The van der Waals surface area contributed by atoms with Crippen LogP contribution in [0.4, 0.5) is 4.79 Å². The maximum Gasteiger partial charge on any atom is 0.314 e. The minimum atomic E-state index is -1.14. The van der Waals surface area contributed by atoms with Crippen LogP contribution in [0.25, 0.3) is 11.1 Å². The Morgan fingerprint density at radius 1 is 0.846 bits per heavy atom. The van der Waals surface area contributed by atoms with Crippen molar-refractivity contribution in [2.45, 2.75) is 45.1 Å². The smallest absolute Gasteiger partial charge is 0.314 e. The maximum atomic E-state index is 13.0. The minimum absolute atomic E-state index is 0.00234. The summed E-state index contributed by atoms with van der Waals surface area (Å²) in [6.45, 7) is 4.14. The highest BCUT2D eigenvalue weighted by atomic mass is 16.5. The highest BCUT2D eigenvalue weighted by Crippen LogP contribution is 2.24. The second kappa shape index (κ2) is 14.1. The zero-order valence-corrected chi connectivity index (χ0v) is 22.6. The summed E-state index contributed by atoms with van der Waals surface area (Å²) in [7, 11) is 1.58. The fourth-order valence-corrected chi connectivity index (χ4v) is 3.73. The molecule has 0 aliphatic rings. The fourth-order valence-electron chi connectivity index (χ4n) is 3.73. The summed E-state index contributed by atoms with van der Waals surface area (Å²) in [5.41, 5.74) is 9.62. The third-order valence-corrected chi connectivity index (χ3v) is 6.02. The number of rotatable bonds is 12. The summed E-state index contributed by atoms with van der Waals surface area (Å²) < 4.78 is 5.74. The Morgan fingerprint density at radius 3 is 2.18 bits per heavy atom. The van der Waals surface area contributed by atoms with Gasteiger partial charge in [-0.3, -0.25) is 9.59 Å². The van der Waals surface area contributed by atoms with Crippen molar-refractivity contribution in [3.8, 4) is 11.1 Å². The molecule has 0 aromatic heterocycles. The third kappa shape index (κ3) is 9.24. The molecule has 0 saturated heterocycles. The number of benzene rings is 3. The number of nitrogens with one attached hydrogen (secondary N) is 4. The minimum Gasteiger partial charge on any atom is -0.374 e. The van der Waals surface area contributed by atoms with Crippen molar-refractivity contribution in [1.82, 2.24) is 21.3 Å². The van der Waals surface area contributed by atoms with Crippen LogP contribution in [0.15, 0.2) is 78.9 Å². The first kappa shape index (κ1) is 29.3. The summed E-state index contributed by atoms with van der Waals surface area (Å²) >= 11 is 0. The molecule has 3 rings (SSSR count). The van der Waals surface area contributed by atoms with Gasteiger partial charge in [-0.25, -0.2) is 4.79 Å². The lowest BCUT2D eigenvalue weighted by Crippen LogP contribution is -2.57. The Bertz CT molecular complexity index is 1240. The van der Waals surface area contributed by atoms with Gasteiger partial charge in [-0.15, -0.1) is 0 Å². The molecule has 9 nitrogen and oxygen atoms in total. The molecule has 0 fully saturated rings. The summed E-state index contributed by atoms with van der Waals surface area (Å²) in [5, 5.41) is 11.0. The van der Waals surface area contributed by atoms with E-state index in [9.17, 15) is 14.4 Å². The summed E-state index contributed by atoms with van der Waals surface area (Å²) in [6.07, 6.45) is 0. The van der Waals surface area contributed by atoms with Crippen LogP contribution < -0.4 is 27.0 Å². The number of ether oxygens (including phenoxy) is 1. The first-order valence-corrected chi connectivity index (χ1v) is 12.8. The lowest BCUT2D eigenvalue weighted by molar-refractivity contribution is -0.132. The van der Waals surface area contributed by atoms with Gasteiger partial charge in [-0.05, 0) is 41.7 Å². The Kier molecular flexibility index (Phi) is 10.6. The molecule has 0 aliphatic carbocycles. The van der Waals surface area contributed by atoms with Crippen LogP contribution in [0.1, 0.15) is 30.5 Å². The summed E-state index contributed by atoms with van der Waals surface area (Å²) in [4.78, 5) is 37.1. The first-order chi connectivity index (χ1) is 18.7. The van der Waals surface area contributed by atoms with Crippen LogP contribution in [0, 0.1) is 0 Å². The van der Waals surface area contributed by atoms with Crippen molar-refractivity contribution in [3.63, 3.8) is 0 Å². The number of carbonyl (C=O) groups excluding carboxylic acids is 3. The quantitative estimate of drug-likeness (QED) is 0.245. The van der Waals surface area contributed by atoms with Gasteiger partial charge in [0.1, 0.15) is 6.04 Å². The van der Waals surface area contributed by atoms with Crippen LogP contribution in [0.2, 0.25) is 0 Å². The van der Waals surface area contributed by atoms with Gasteiger partial charge in [0, 0.05) is 20.1 Å². The predicted octanol–water partition coefficient (Wildman–Crippen LogP) is 2.84. The van der Waals surface area contributed by atoms with Gasteiger partial charge in [0.25, 0.3) is 0 Å². The zero-order valence-electron chi connectivity index (χ0n) is 22.6. The van der Waals surface area contributed by atoms with Crippen LogP contribution in [-0.4, -0.2) is 43.1 Å². The third-order valence-electron chi connectivity index (χ3n) is 6.02. The highest BCUT2D eigenvalue weighted by molar-refractivity contribution is 5.91. The van der Waals surface area contributed by atoms with Crippen LogP contribution in [-0.2, 0) is 34.0 Å². The van der Waals surface area contributed by atoms with Crippen molar-refractivity contribution in [2.75, 3.05) is 13.7 Å². The number of amides is 4. The molecule has 3 aromatic carbocycles. The van der Waals surface area contributed by atoms with Crippen LogP contribution in [0.5, 0.6) is 0 Å². The van der Waals surface area contributed by atoms with Crippen LogP contribution in [0.3, 0.4) is 0 Å². The first-order valence-electron chi connectivity index (χ1n) is 12.8.